The minimum absolute atomic E-state index is 0.591. The van der Waals surface area contributed by atoms with Crippen molar-refractivity contribution in [2.75, 3.05) is 6.54 Å². The van der Waals surface area contributed by atoms with E-state index >= 15 is 0 Å². The molecule has 2 aromatic rings. The Balaban J connectivity index is 1.88. The number of hydrogen-bond acceptors (Lipinski definition) is 5. The monoisotopic (exact) mass is 249 g/mol. The van der Waals surface area contributed by atoms with Crippen LogP contribution in [0.4, 0.5) is 0 Å². The van der Waals surface area contributed by atoms with E-state index in [4.69, 9.17) is 0 Å². The number of hydrogen-bond donors (Lipinski definition) is 1. The molecule has 2 heterocycles. The standard InChI is InChI=1S/C11H19N7/c1-9(2)4-12-5-10-6-18(16-15-10)7-11-13-8-14-17(11)3/h6,8-9,12H,4-5,7H2,1-3H3. The molecule has 0 fully saturated rings. The maximum Gasteiger partial charge on any atom is 0.148 e. The van der Waals surface area contributed by atoms with Crippen LogP contribution in [0, 0.1) is 5.92 Å². The Hall–Kier alpha value is -1.76. The van der Waals surface area contributed by atoms with Gasteiger partial charge >= 0.3 is 0 Å². The zero-order valence-corrected chi connectivity index (χ0v) is 11.0. The summed E-state index contributed by atoms with van der Waals surface area (Å²) in [6.45, 7) is 6.68. The Kier molecular flexibility index (Phi) is 4.03. The van der Waals surface area contributed by atoms with Crippen LogP contribution in [0.3, 0.4) is 0 Å². The van der Waals surface area contributed by atoms with Crippen LogP contribution in [0.5, 0.6) is 0 Å². The van der Waals surface area contributed by atoms with Gasteiger partial charge in [-0.05, 0) is 12.5 Å². The van der Waals surface area contributed by atoms with E-state index < -0.39 is 0 Å². The minimum Gasteiger partial charge on any atom is -0.311 e. The molecule has 0 unspecified atom stereocenters. The second kappa shape index (κ2) is 5.72. The molecule has 0 amide bonds. The Labute approximate surface area is 106 Å². The summed E-state index contributed by atoms with van der Waals surface area (Å²) in [5.74, 6) is 1.50. The lowest BCUT2D eigenvalue weighted by atomic mass is 10.2. The van der Waals surface area contributed by atoms with Crippen molar-refractivity contribution in [3.63, 3.8) is 0 Å². The van der Waals surface area contributed by atoms with E-state index in [1.165, 1.54) is 6.33 Å². The van der Waals surface area contributed by atoms with E-state index in [1.54, 1.807) is 9.36 Å². The summed E-state index contributed by atoms with van der Waals surface area (Å²) in [5.41, 5.74) is 0.942. The third-order valence-corrected chi connectivity index (χ3v) is 2.55. The van der Waals surface area contributed by atoms with Crippen molar-refractivity contribution in [1.82, 2.24) is 35.1 Å². The second-order valence-corrected chi connectivity index (χ2v) is 4.73. The van der Waals surface area contributed by atoms with Crippen LogP contribution in [0.15, 0.2) is 12.5 Å². The first-order valence-corrected chi connectivity index (χ1v) is 6.07. The van der Waals surface area contributed by atoms with E-state index in [0.29, 0.717) is 12.5 Å². The Morgan fingerprint density at radius 3 is 2.89 bits per heavy atom. The molecule has 0 atom stereocenters. The van der Waals surface area contributed by atoms with Gasteiger partial charge in [0, 0.05) is 13.6 Å². The van der Waals surface area contributed by atoms with Crippen LogP contribution in [0.25, 0.3) is 0 Å². The number of rotatable bonds is 6. The molecule has 18 heavy (non-hydrogen) atoms. The van der Waals surface area contributed by atoms with Gasteiger partial charge in [0.2, 0.25) is 0 Å². The zero-order valence-electron chi connectivity index (χ0n) is 11.0. The average Bonchev–Trinajstić information content (AvgIpc) is 2.90. The SMILES string of the molecule is CC(C)CNCc1cn(Cc2ncnn2C)nn1. The van der Waals surface area contributed by atoms with Gasteiger partial charge < -0.3 is 5.32 Å². The molecule has 0 saturated heterocycles. The van der Waals surface area contributed by atoms with Crippen LogP contribution in [-0.2, 0) is 20.1 Å². The van der Waals surface area contributed by atoms with Crippen LogP contribution >= 0.6 is 0 Å². The molecule has 7 heteroatoms. The van der Waals surface area contributed by atoms with Gasteiger partial charge in [-0.25, -0.2) is 9.67 Å². The highest BCUT2D eigenvalue weighted by Gasteiger charge is 2.05. The van der Waals surface area contributed by atoms with E-state index in [-0.39, 0.29) is 0 Å². The van der Waals surface area contributed by atoms with Crippen molar-refractivity contribution in [2.24, 2.45) is 13.0 Å². The van der Waals surface area contributed by atoms with Gasteiger partial charge in [0.15, 0.2) is 0 Å². The summed E-state index contributed by atoms with van der Waals surface area (Å²) >= 11 is 0. The highest BCUT2D eigenvalue weighted by molar-refractivity contribution is 4.94. The second-order valence-electron chi connectivity index (χ2n) is 4.73. The fraction of sp³-hybridized carbons (Fsp3) is 0.636. The zero-order chi connectivity index (χ0) is 13.0. The van der Waals surface area contributed by atoms with Crippen molar-refractivity contribution < 1.29 is 0 Å². The van der Waals surface area contributed by atoms with Gasteiger partial charge in [0.25, 0.3) is 0 Å². The van der Waals surface area contributed by atoms with Gasteiger partial charge in [0.05, 0.1) is 11.9 Å². The highest BCUT2D eigenvalue weighted by Crippen LogP contribution is 1.98. The molecular weight excluding hydrogens is 230 g/mol. The maximum absolute atomic E-state index is 4.15. The van der Waals surface area contributed by atoms with E-state index in [2.05, 4.69) is 39.6 Å². The molecular formula is C11H19N7. The predicted octanol–water partition coefficient (Wildman–Crippen LogP) is 0.200. The topological polar surface area (TPSA) is 73.5 Å². The number of aryl methyl sites for hydroxylation is 1. The molecule has 0 bridgehead atoms. The summed E-state index contributed by atoms with van der Waals surface area (Å²) in [6, 6.07) is 0. The summed E-state index contributed by atoms with van der Waals surface area (Å²) in [6.07, 6.45) is 3.47. The number of nitrogens with zero attached hydrogens (tertiary/aromatic N) is 6. The van der Waals surface area contributed by atoms with Crippen molar-refractivity contribution >= 4 is 0 Å². The van der Waals surface area contributed by atoms with Crippen molar-refractivity contribution in [1.29, 1.82) is 0 Å². The van der Waals surface area contributed by atoms with E-state index in [9.17, 15) is 0 Å². The van der Waals surface area contributed by atoms with Gasteiger partial charge in [0.1, 0.15) is 18.7 Å². The third-order valence-electron chi connectivity index (χ3n) is 2.55. The average molecular weight is 249 g/mol. The first-order valence-electron chi connectivity index (χ1n) is 6.07. The summed E-state index contributed by atoms with van der Waals surface area (Å²) in [5, 5.41) is 15.5. The molecule has 0 aliphatic rings. The molecule has 0 radical (unpaired) electrons. The van der Waals surface area contributed by atoms with Crippen LogP contribution in [0.1, 0.15) is 25.4 Å². The van der Waals surface area contributed by atoms with Gasteiger partial charge in [-0.3, -0.25) is 4.68 Å². The smallest absolute Gasteiger partial charge is 0.148 e. The van der Waals surface area contributed by atoms with Gasteiger partial charge in [-0.2, -0.15) is 5.10 Å². The van der Waals surface area contributed by atoms with Crippen molar-refractivity contribution in [2.45, 2.75) is 26.9 Å². The fourth-order valence-corrected chi connectivity index (χ4v) is 1.59. The minimum atomic E-state index is 0.591. The Morgan fingerprint density at radius 2 is 2.22 bits per heavy atom. The highest BCUT2D eigenvalue weighted by atomic mass is 15.4. The molecule has 0 saturated carbocycles. The Bertz CT molecular complexity index is 485. The lowest BCUT2D eigenvalue weighted by molar-refractivity contribution is 0.547. The number of aromatic nitrogens is 6. The van der Waals surface area contributed by atoms with Crippen LogP contribution in [-0.4, -0.2) is 36.3 Å². The lowest BCUT2D eigenvalue weighted by Gasteiger charge is -2.04. The molecule has 2 rings (SSSR count). The van der Waals surface area contributed by atoms with E-state index in [1.807, 2.05) is 13.2 Å². The summed E-state index contributed by atoms with van der Waals surface area (Å²) in [7, 11) is 1.87. The van der Waals surface area contributed by atoms with Gasteiger partial charge in [-0.15, -0.1) is 5.10 Å². The molecule has 2 aromatic heterocycles. The van der Waals surface area contributed by atoms with Gasteiger partial charge in [-0.1, -0.05) is 19.1 Å². The quantitative estimate of drug-likeness (QED) is 0.791. The molecule has 98 valence electrons. The predicted molar refractivity (Wildman–Crippen MR) is 66.7 cm³/mol. The normalized spacial score (nSPS) is 11.3. The molecule has 7 nitrogen and oxygen atoms in total. The third kappa shape index (κ3) is 3.36. The van der Waals surface area contributed by atoms with Crippen molar-refractivity contribution in [3.05, 3.63) is 24.0 Å². The molecule has 0 aliphatic carbocycles. The first kappa shape index (κ1) is 12.7. The lowest BCUT2D eigenvalue weighted by Crippen LogP contribution is -2.19. The summed E-state index contributed by atoms with van der Waals surface area (Å²) < 4.78 is 3.51. The van der Waals surface area contributed by atoms with E-state index in [0.717, 1.165) is 24.6 Å². The maximum atomic E-state index is 4.15. The summed E-state index contributed by atoms with van der Waals surface area (Å²) in [4.78, 5) is 4.15. The Morgan fingerprint density at radius 1 is 1.39 bits per heavy atom. The van der Waals surface area contributed by atoms with Crippen LogP contribution < -0.4 is 5.32 Å². The fourth-order valence-electron chi connectivity index (χ4n) is 1.59. The largest absolute Gasteiger partial charge is 0.311 e. The number of nitrogens with one attached hydrogen (secondary N) is 1. The van der Waals surface area contributed by atoms with Crippen molar-refractivity contribution in [3.8, 4) is 0 Å². The molecule has 0 aromatic carbocycles. The molecule has 0 aliphatic heterocycles. The van der Waals surface area contributed by atoms with Crippen LogP contribution in [0.2, 0.25) is 0 Å². The first-order chi connectivity index (χ1) is 8.65. The molecule has 1 N–H and O–H groups in total. The molecule has 0 spiro atoms.